The van der Waals surface area contributed by atoms with E-state index in [1.807, 2.05) is 13.1 Å². The first kappa shape index (κ1) is 15.7. The fourth-order valence-electron chi connectivity index (χ4n) is 1.37. The van der Waals surface area contributed by atoms with Crippen LogP contribution in [-0.4, -0.2) is 42.3 Å². The number of halogens is 2. The third kappa shape index (κ3) is 4.67. The summed E-state index contributed by atoms with van der Waals surface area (Å²) in [6, 6.07) is 2.29. The van der Waals surface area contributed by atoms with E-state index in [0.717, 1.165) is 18.9 Å². The van der Waals surface area contributed by atoms with Gasteiger partial charge in [-0.3, -0.25) is 9.69 Å². The number of hydrogen-bond donors (Lipinski definition) is 0. The number of hydrogen-bond acceptors (Lipinski definition) is 4. The summed E-state index contributed by atoms with van der Waals surface area (Å²) in [5, 5.41) is 0. The van der Waals surface area contributed by atoms with Gasteiger partial charge in [0.2, 0.25) is 0 Å². The molecule has 0 saturated heterocycles. The van der Waals surface area contributed by atoms with Crippen LogP contribution in [0.2, 0.25) is 0 Å². The van der Waals surface area contributed by atoms with E-state index in [2.05, 4.69) is 49.9 Å². The molecule has 1 aromatic heterocycles. The highest BCUT2D eigenvalue weighted by Gasteiger charge is 2.17. The minimum atomic E-state index is 0.161. The number of carbonyl (C=O) groups is 1. The molecule has 0 aromatic carbocycles. The number of Topliss-reactive ketones (excluding diaryl/α,β-unsaturated/α-hetero) is 1. The molecule has 0 aliphatic rings. The van der Waals surface area contributed by atoms with E-state index >= 15 is 0 Å². The Labute approximate surface area is 127 Å². The summed E-state index contributed by atoms with van der Waals surface area (Å²) in [6.07, 6.45) is 2.08. The lowest BCUT2D eigenvalue weighted by Gasteiger charge is -2.22. The van der Waals surface area contributed by atoms with Crippen LogP contribution in [0.3, 0.4) is 0 Å². The van der Waals surface area contributed by atoms with Crippen molar-refractivity contribution in [1.82, 2.24) is 4.90 Å². The zero-order chi connectivity index (χ0) is 13.0. The molecule has 0 fully saturated rings. The zero-order valence-electron chi connectivity index (χ0n) is 10.00. The Morgan fingerprint density at radius 3 is 2.71 bits per heavy atom. The van der Waals surface area contributed by atoms with E-state index in [0.29, 0.717) is 12.6 Å². The second kappa shape index (κ2) is 7.28. The van der Waals surface area contributed by atoms with Crippen LogP contribution >= 0.6 is 55.0 Å². The van der Waals surface area contributed by atoms with Crippen LogP contribution in [0, 0.1) is 0 Å². The van der Waals surface area contributed by atoms with Crippen molar-refractivity contribution in [2.45, 2.75) is 13.0 Å². The summed E-state index contributed by atoms with van der Waals surface area (Å²) >= 11 is 10.1. The Kier molecular flexibility index (Phi) is 6.72. The highest BCUT2D eigenvalue weighted by Crippen LogP contribution is 2.32. The lowest BCUT2D eigenvalue weighted by molar-refractivity contribution is 0.0930. The maximum atomic E-state index is 12.1. The molecular weight excluding hydrogens is 386 g/mol. The van der Waals surface area contributed by atoms with E-state index < -0.39 is 0 Å². The summed E-state index contributed by atoms with van der Waals surface area (Å²) in [4.78, 5) is 14.2. The van der Waals surface area contributed by atoms with E-state index in [4.69, 9.17) is 0 Å². The van der Waals surface area contributed by atoms with Gasteiger partial charge >= 0.3 is 0 Å². The van der Waals surface area contributed by atoms with E-state index in [1.54, 1.807) is 11.8 Å². The van der Waals surface area contributed by atoms with Gasteiger partial charge in [0.15, 0.2) is 5.78 Å². The Morgan fingerprint density at radius 2 is 2.24 bits per heavy atom. The minimum absolute atomic E-state index is 0.161. The third-order valence-electron chi connectivity index (χ3n) is 2.51. The number of carbonyl (C=O) groups excluding carboxylic acids is 1. The standard InChI is InChI=1S/C11H15Br2NOS2/c1-7(6-16-3)14(2)5-9(15)8-4-10(12)17-11(8)13/h4,7H,5-6H2,1-3H3. The van der Waals surface area contributed by atoms with Gasteiger partial charge in [0.25, 0.3) is 0 Å². The molecule has 0 spiro atoms. The molecule has 2 nitrogen and oxygen atoms in total. The van der Waals surface area contributed by atoms with Gasteiger partial charge in [-0.25, -0.2) is 0 Å². The smallest absolute Gasteiger partial charge is 0.178 e. The van der Waals surface area contributed by atoms with Crippen molar-refractivity contribution >= 4 is 60.7 Å². The fourth-order valence-corrected chi connectivity index (χ4v) is 4.96. The SMILES string of the molecule is CSCC(C)N(C)CC(=O)c1cc(Br)sc1Br. The second-order valence-electron chi connectivity index (χ2n) is 3.88. The van der Waals surface area contributed by atoms with Gasteiger partial charge in [0.1, 0.15) is 0 Å². The number of thioether (sulfide) groups is 1. The molecule has 0 aliphatic heterocycles. The zero-order valence-corrected chi connectivity index (χ0v) is 14.8. The lowest BCUT2D eigenvalue weighted by atomic mass is 10.2. The molecule has 1 rings (SSSR count). The Balaban J connectivity index is 2.63. The first-order chi connectivity index (χ1) is 7.95. The van der Waals surface area contributed by atoms with Crippen LogP contribution in [0.5, 0.6) is 0 Å². The molecule has 1 unspecified atom stereocenters. The Morgan fingerprint density at radius 1 is 1.59 bits per heavy atom. The molecule has 0 aliphatic carbocycles. The first-order valence-electron chi connectivity index (χ1n) is 5.13. The molecule has 0 bridgehead atoms. The summed E-state index contributed by atoms with van der Waals surface area (Å²) in [5.41, 5.74) is 0.769. The summed E-state index contributed by atoms with van der Waals surface area (Å²) < 4.78 is 1.88. The molecule has 17 heavy (non-hydrogen) atoms. The predicted molar refractivity (Wildman–Crippen MR) is 84.5 cm³/mol. The predicted octanol–water partition coefficient (Wildman–Crippen LogP) is 4.14. The van der Waals surface area contributed by atoms with Crippen LogP contribution < -0.4 is 0 Å². The average molecular weight is 401 g/mol. The van der Waals surface area contributed by atoms with E-state index in [1.165, 1.54) is 11.3 Å². The van der Waals surface area contributed by atoms with Crippen LogP contribution in [0.25, 0.3) is 0 Å². The maximum Gasteiger partial charge on any atom is 0.178 e. The highest BCUT2D eigenvalue weighted by atomic mass is 79.9. The minimum Gasteiger partial charge on any atom is -0.295 e. The fraction of sp³-hybridized carbons (Fsp3) is 0.545. The third-order valence-corrected chi connectivity index (χ3v) is 5.67. The molecule has 6 heteroatoms. The van der Waals surface area contributed by atoms with E-state index in [-0.39, 0.29) is 5.78 Å². The van der Waals surface area contributed by atoms with Crippen molar-refractivity contribution in [3.05, 3.63) is 19.2 Å². The van der Waals surface area contributed by atoms with Crippen molar-refractivity contribution in [1.29, 1.82) is 0 Å². The van der Waals surface area contributed by atoms with Crippen LogP contribution in [0.4, 0.5) is 0 Å². The van der Waals surface area contributed by atoms with Crippen molar-refractivity contribution in [2.75, 3.05) is 25.6 Å². The first-order valence-corrected chi connectivity index (χ1v) is 8.92. The van der Waals surface area contributed by atoms with Crippen molar-refractivity contribution < 1.29 is 4.79 Å². The quantitative estimate of drug-likeness (QED) is 0.669. The number of likely N-dealkylation sites (N-methyl/N-ethyl adjacent to an activating group) is 1. The van der Waals surface area contributed by atoms with Crippen molar-refractivity contribution in [3.8, 4) is 0 Å². The number of thiophene rings is 1. The molecule has 0 radical (unpaired) electrons. The van der Waals surface area contributed by atoms with Crippen LogP contribution in [-0.2, 0) is 0 Å². The second-order valence-corrected chi connectivity index (χ2v) is 8.54. The van der Waals surface area contributed by atoms with Gasteiger partial charge in [-0.1, -0.05) is 0 Å². The lowest BCUT2D eigenvalue weighted by Crippen LogP contribution is -2.35. The monoisotopic (exact) mass is 399 g/mol. The van der Waals surface area contributed by atoms with Gasteiger partial charge in [-0.05, 0) is 58.2 Å². The number of nitrogens with zero attached hydrogens (tertiary/aromatic N) is 1. The molecule has 96 valence electrons. The molecule has 1 aromatic rings. The molecular formula is C11H15Br2NOS2. The van der Waals surface area contributed by atoms with Crippen LogP contribution in [0.15, 0.2) is 13.6 Å². The van der Waals surface area contributed by atoms with Gasteiger partial charge in [-0.2, -0.15) is 11.8 Å². The molecule has 1 heterocycles. The summed E-state index contributed by atoms with van der Waals surface area (Å²) in [7, 11) is 1.99. The highest BCUT2D eigenvalue weighted by molar-refractivity contribution is 9.12. The summed E-state index contributed by atoms with van der Waals surface area (Å²) in [5.74, 6) is 1.20. The molecule has 1 atom stereocenters. The van der Waals surface area contributed by atoms with Gasteiger partial charge in [-0.15, -0.1) is 11.3 Å². The van der Waals surface area contributed by atoms with Crippen molar-refractivity contribution in [3.63, 3.8) is 0 Å². The molecule has 0 amide bonds. The Hall–Kier alpha value is 0.640. The molecule has 0 N–H and O–H groups in total. The largest absolute Gasteiger partial charge is 0.295 e. The van der Waals surface area contributed by atoms with Crippen molar-refractivity contribution in [2.24, 2.45) is 0 Å². The maximum absolute atomic E-state index is 12.1. The normalized spacial score (nSPS) is 13.1. The average Bonchev–Trinajstić information content (AvgIpc) is 2.58. The topological polar surface area (TPSA) is 20.3 Å². The van der Waals surface area contributed by atoms with E-state index in [9.17, 15) is 4.79 Å². The Bertz CT molecular complexity index is 395. The number of ketones is 1. The molecule has 0 saturated carbocycles. The van der Waals surface area contributed by atoms with Gasteiger partial charge in [0, 0.05) is 17.4 Å². The van der Waals surface area contributed by atoms with Crippen LogP contribution in [0.1, 0.15) is 17.3 Å². The number of rotatable bonds is 6. The van der Waals surface area contributed by atoms with Gasteiger partial charge < -0.3 is 0 Å². The summed E-state index contributed by atoms with van der Waals surface area (Å²) in [6.45, 7) is 2.60. The van der Waals surface area contributed by atoms with Gasteiger partial charge in [0.05, 0.1) is 14.1 Å².